The molecule has 0 aliphatic heterocycles. The minimum absolute atomic E-state index is 0.274. The van der Waals surface area contributed by atoms with Crippen LogP contribution in [0.15, 0.2) is 0 Å². The summed E-state index contributed by atoms with van der Waals surface area (Å²) in [6.45, 7) is 4.40. The van der Waals surface area contributed by atoms with Gasteiger partial charge in [-0.3, -0.25) is 0 Å². The largest absolute Gasteiger partial charge is 0.243 e. The standard InChI is InChI=1S/C13H22ClN3/c1-3-5-7-9-11-12(10-8-6-4-2)16-17-13(14)15-11/h3-10H2,1-2H3. The lowest BCUT2D eigenvalue weighted by Gasteiger charge is -2.06. The Labute approximate surface area is 109 Å². The van der Waals surface area contributed by atoms with Crippen molar-refractivity contribution < 1.29 is 0 Å². The highest BCUT2D eigenvalue weighted by Gasteiger charge is 2.07. The van der Waals surface area contributed by atoms with E-state index in [9.17, 15) is 0 Å². The Bertz CT molecular complexity index is 328. The molecule has 0 unspecified atom stereocenters. The molecule has 0 aliphatic carbocycles. The van der Waals surface area contributed by atoms with Crippen LogP contribution in [0.5, 0.6) is 0 Å². The summed E-state index contributed by atoms with van der Waals surface area (Å²) in [6, 6.07) is 0. The fraction of sp³-hybridized carbons (Fsp3) is 0.769. The molecule has 0 amide bonds. The van der Waals surface area contributed by atoms with Crippen molar-refractivity contribution in [1.82, 2.24) is 15.2 Å². The first-order valence-corrected chi connectivity index (χ1v) is 7.03. The van der Waals surface area contributed by atoms with Gasteiger partial charge in [-0.1, -0.05) is 39.5 Å². The molecule has 1 rings (SSSR count). The molecule has 0 spiro atoms. The van der Waals surface area contributed by atoms with Gasteiger partial charge in [-0.15, -0.1) is 5.10 Å². The number of aromatic nitrogens is 3. The predicted molar refractivity (Wildman–Crippen MR) is 71.3 cm³/mol. The zero-order chi connectivity index (χ0) is 12.5. The maximum absolute atomic E-state index is 5.81. The van der Waals surface area contributed by atoms with Gasteiger partial charge < -0.3 is 0 Å². The summed E-state index contributed by atoms with van der Waals surface area (Å²) in [6.07, 6.45) is 9.18. The average Bonchev–Trinajstić information content (AvgIpc) is 2.32. The van der Waals surface area contributed by atoms with Crippen LogP contribution in [0.1, 0.15) is 63.8 Å². The molecule has 0 radical (unpaired) electrons. The molecule has 0 aliphatic rings. The zero-order valence-electron chi connectivity index (χ0n) is 10.9. The number of hydrogen-bond donors (Lipinski definition) is 0. The highest BCUT2D eigenvalue weighted by Crippen LogP contribution is 2.13. The van der Waals surface area contributed by atoms with Gasteiger partial charge in [0, 0.05) is 0 Å². The summed E-state index contributed by atoms with van der Waals surface area (Å²) in [5, 5.41) is 8.31. The summed E-state index contributed by atoms with van der Waals surface area (Å²) in [7, 11) is 0. The van der Waals surface area contributed by atoms with E-state index in [4.69, 9.17) is 11.6 Å². The van der Waals surface area contributed by atoms with E-state index < -0.39 is 0 Å². The molecule has 1 aromatic heterocycles. The Kier molecular flexibility index (Phi) is 7.10. The fourth-order valence-electron chi connectivity index (χ4n) is 1.84. The van der Waals surface area contributed by atoms with Gasteiger partial charge in [-0.2, -0.15) is 5.10 Å². The van der Waals surface area contributed by atoms with Crippen molar-refractivity contribution in [2.24, 2.45) is 0 Å². The van der Waals surface area contributed by atoms with Crippen molar-refractivity contribution in [3.63, 3.8) is 0 Å². The van der Waals surface area contributed by atoms with Gasteiger partial charge in [0.15, 0.2) is 0 Å². The van der Waals surface area contributed by atoms with E-state index in [1.54, 1.807) is 0 Å². The zero-order valence-corrected chi connectivity index (χ0v) is 11.6. The van der Waals surface area contributed by atoms with E-state index in [0.717, 1.165) is 37.1 Å². The number of rotatable bonds is 8. The van der Waals surface area contributed by atoms with Crippen molar-refractivity contribution in [3.8, 4) is 0 Å². The predicted octanol–water partition coefficient (Wildman–Crippen LogP) is 3.99. The maximum atomic E-state index is 5.81. The van der Waals surface area contributed by atoms with Crippen LogP contribution in [0, 0.1) is 0 Å². The number of unbranched alkanes of at least 4 members (excludes halogenated alkanes) is 4. The molecule has 1 heterocycles. The average molecular weight is 256 g/mol. The molecular weight excluding hydrogens is 234 g/mol. The van der Waals surface area contributed by atoms with Crippen LogP contribution in [-0.4, -0.2) is 15.2 Å². The number of hydrogen-bond acceptors (Lipinski definition) is 3. The molecule has 1 aromatic rings. The van der Waals surface area contributed by atoms with Crippen LogP contribution in [0.4, 0.5) is 0 Å². The Hall–Kier alpha value is -0.700. The Balaban J connectivity index is 2.59. The highest BCUT2D eigenvalue weighted by molar-refractivity contribution is 6.28. The maximum Gasteiger partial charge on any atom is 0.243 e. The third kappa shape index (κ3) is 5.44. The van der Waals surface area contributed by atoms with Crippen molar-refractivity contribution in [1.29, 1.82) is 0 Å². The molecule has 0 N–H and O–H groups in total. The lowest BCUT2D eigenvalue weighted by Crippen LogP contribution is -2.05. The van der Waals surface area contributed by atoms with Crippen molar-refractivity contribution in [3.05, 3.63) is 16.7 Å². The molecule has 3 nitrogen and oxygen atoms in total. The van der Waals surface area contributed by atoms with Crippen molar-refractivity contribution >= 4 is 11.6 Å². The van der Waals surface area contributed by atoms with Crippen LogP contribution in [0.25, 0.3) is 0 Å². The lowest BCUT2D eigenvalue weighted by atomic mass is 10.1. The summed E-state index contributed by atoms with van der Waals surface area (Å²) < 4.78 is 0. The highest BCUT2D eigenvalue weighted by atomic mass is 35.5. The van der Waals surface area contributed by atoms with Gasteiger partial charge in [-0.25, -0.2) is 4.98 Å². The van der Waals surface area contributed by atoms with Crippen LogP contribution in [-0.2, 0) is 12.8 Å². The molecule has 0 atom stereocenters. The first-order valence-electron chi connectivity index (χ1n) is 6.65. The first-order chi connectivity index (χ1) is 8.27. The smallest absolute Gasteiger partial charge is 0.220 e. The third-order valence-corrected chi connectivity index (χ3v) is 3.01. The van der Waals surface area contributed by atoms with E-state index in [0.29, 0.717) is 0 Å². The summed E-state index contributed by atoms with van der Waals surface area (Å²) in [4.78, 5) is 4.32. The third-order valence-electron chi connectivity index (χ3n) is 2.85. The summed E-state index contributed by atoms with van der Waals surface area (Å²) in [5.41, 5.74) is 2.09. The normalized spacial score (nSPS) is 10.8. The van der Waals surface area contributed by atoms with E-state index in [1.165, 1.54) is 25.7 Å². The van der Waals surface area contributed by atoms with E-state index >= 15 is 0 Å². The topological polar surface area (TPSA) is 38.7 Å². The molecule has 0 saturated heterocycles. The Morgan fingerprint density at radius 1 is 0.824 bits per heavy atom. The van der Waals surface area contributed by atoms with E-state index in [-0.39, 0.29) is 5.28 Å². The van der Waals surface area contributed by atoms with Gasteiger partial charge in [0.25, 0.3) is 0 Å². The van der Waals surface area contributed by atoms with Crippen molar-refractivity contribution in [2.45, 2.75) is 65.2 Å². The van der Waals surface area contributed by atoms with Gasteiger partial charge in [0.05, 0.1) is 11.4 Å². The van der Waals surface area contributed by atoms with Gasteiger partial charge >= 0.3 is 0 Å². The molecule has 96 valence electrons. The number of aryl methyl sites for hydroxylation is 2. The van der Waals surface area contributed by atoms with Crippen LogP contribution in [0.3, 0.4) is 0 Å². The van der Waals surface area contributed by atoms with Crippen LogP contribution < -0.4 is 0 Å². The second-order valence-electron chi connectivity index (χ2n) is 4.39. The Morgan fingerprint density at radius 2 is 1.41 bits per heavy atom. The summed E-state index contributed by atoms with van der Waals surface area (Å²) in [5.74, 6) is 0. The molecule has 4 heteroatoms. The van der Waals surface area contributed by atoms with E-state index in [2.05, 4.69) is 29.0 Å². The molecule has 17 heavy (non-hydrogen) atoms. The SMILES string of the molecule is CCCCCc1nnc(Cl)nc1CCCCC. The minimum Gasteiger partial charge on any atom is -0.220 e. The minimum atomic E-state index is 0.274. The van der Waals surface area contributed by atoms with Gasteiger partial charge in [-0.05, 0) is 37.3 Å². The van der Waals surface area contributed by atoms with Gasteiger partial charge in [0.1, 0.15) is 0 Å². The Morgan fingerprint density at radius 3 is 2.00 bits per heavy atom. The van der Waals surface area contributed by atoms with Gasteiger partial charge in [0.2, 0.25) is 5.28 Å². The second kappa shape index (κ2) is 8.40. The summed E-state index contributed by atoms with van der Waals surface area (Å²) >= 11 is 5.81. The van der Waals surface area contributed by atoms with Crippen molar-refractivity contribution in [2.75, 3.05) is 0 Å². The fourth-order valence-corrected chi connectivity index (χ4v) is 1.98. The van der Waals surface area contributed by atoms with E-state index in [1.807, 2.05) is 0 Å². The van der Waals surface area contributed by atoms with Crippen LogP contribution in [0.2, 0.25) is 5.28 Å². The number of halogens is 1. The molecular formula is C13H22ClN3. The molecule has 0 fully saturated rings. The molecule has 0 bridgehead atoms. The first kappa shape index (κ1) is 14.4. The second-order valence-corrected chi connectivity index (χ2v) is 4.73. The molecule has 0 saturated carbocycles. The monoisotopic (exact) mass is 255 g/mol. The molecule has 0 aromatic carbocycles. The quantitative estimate of drug-likeness (QED) is 0.660. The van der Waals surface area contributed by atoms with Crippen LogP contribution >= 0.6 is 11.6 Å². The lowest BCUT2D eigenvalue weighted by molar-refractivity contribution is 0.659. The number of nitrogens with zero attached hydrogens (tertiary/aromatic N) is 3.